The molecule has 9 heteroatoms. The first-order chi connectivity index (χ1) is 16.1. The average molecular weight is 496 g/mol. The number of anilines is 1. The number of carbonyl (C=O) groups is 4. The lowest BCUT2D eigenvalue weighted by atomic mass is 9.73. The van der Waals surface area contributed by atoms with Gasteiger partial charge in [0.05, 0.1) is 5.69 Å². The van der Waals surface area contributed by atoms with Crippen molar-refractivity contribution in [2.75, 3.05) is 4.90 Å². The van der Waals surface area contributed by atoms with E-state index in [0.29, 0.717) is 15.6 Å². The molecule has 0 saturated carbocycles. The molecule has 2 aromatic carbocycles. The number of thioether (sulfide) groups is 1. The number of amidine groups is 1. The maximum absolute atomic E-state index is 14.4. The second-order valence-corrected chi connectivity index (χ2v) is 10.8. The van der Waals surface area contributed by atoms with Crippen LogP contribution in [0.15, 0.2) is 58.4 Å². The van der Waals surface area contributed by atoms with E-state index in [4.69, 9.17) is 11.6 Å². The first kappa shape index (κ1) is 22.8. The van der Waals surface area contributed by atoms with Gasteiger partial charge in [-0.15, -0.1) is 0 Å². The standard InChI is InChI=1S/C25H22ClN3O4S/c1-13(2)27-22-24(19(30)15-9-11-16(26)12-10-15)20(31)21(32)29-17-7-5-6-8-18(17)34-25(24,29)23(33)28(22)14(3)4/h5-14H,1-4H3. The van der Waals surface area contributed by atoms with Gasteiger partial charge in [-0.25, -0.2) is 0 Å². The number of halogens is 1. The number of Topliss-reactive ketones (excluding diaryl/α,β-unsaturated/α-hetero) is 2. The van der Waals surface area contributed by atoms with Gasteiger partial charge in [-0.2, -0.15) is 0 Å². The third-order valence-corrected chi connectivity index (χ3v) is 8.12. The van der Waals surface area contributed by atoms with E-state index in [-0.39, 0.29) is 17.4 Å². The number of hydrogen-bond donors (Lipinski definition) is 0. The summed E-state index contributed by atoms with van der Waals surface area (Å²) in [4.78, 5) is 62.4. The van der Waals surface area contributed by atoms with Crippen molar-refractivity contribution in [2.24, 2.45) is 10.4 Å². The number of aliphatic imine (C=N–C) groups is 1. The van der Waals surface area contributed by atoms with E-state index in [2.05, 4.69) is 4.99 Å². The minimum absolute atomic E-state index is 0.0311. The maximum Gasteiger partial charge on any atom is 0.297 e. The summed E-state index contributed by atoms with van der Waals surface area (Å²) < 4.78 is 0. The van der Waals surface area contributed by atoms with Crippen LogP contribution in [0.25, 0.3) is 0 Å². The lowest BCUT2D eigenvalue weighted by Gasteiger charge is -2.33. The van der Waals surface area contributed by atoms with Crippen molar-refractivity contribution in [1.29, 1.82) is 0 Å². The summed E-state index contributed by atoms with van der Waals surface area (Å²) in [6.45, 7) is 7.21. The molecule has 7 nitrogen and oxygen atoms in total. The van der Waals surface area contributed by atoms with Crippen LogP contribution >= 0.6 is 23.4 Å². The summed E-state index contributed by atoms with van der Waals surface area (Å²) >= 11 is 7.12. The van der Waals surface area contributed by atoms with Crippen molar-refractivity contribution in [1.82, 2.24) is 4.90 Å². The van der Waals surface area contributed by atoms with Gasteiger partial charge >= 0.3 is 0 Å². The monoisotopic (exact) mass is 495 g/mol. The van der Waals surface area contributed by atoms with Crippen molar-refractivity contribution < 1.29 is 19.2 Å². The van der Waals surface area contributed by atoms with E-state index in [1.54, 1.807) is 64.1 Å². The van der Waals surface area contributed by atoms with Gasteiger partial charge in [-0.05, 0) is 64.1 Å². The van der Waals surface area contributed by atoms with Gasteiger partial charge in [0.2, 0.25) is 16.1 Å². The molecule has 2 unspecified atom stereocenters. The Morgan fingerprint density at radius 3 is 2.26 bits per heavy atom. The average Bonchev–Trinajstić information content (AvgIpc) is 3.30. The first-order valence-corrected chi connectivity index (χ1v) is 12.2. The van der Waals surface area contributed by atoms with Crippen LogP contribution in [0.1, 0.15) is 38.1 Å². The van der Waals surface area contributed by atoms with E-state index in [1.165, 1.54) is 21.9 Å². The molecule has 5 rings (SSSR count). The zero-order valence-electron chi connectivity index (χ0n) is 19.0. The molecular weight excluding hydrogens is 474 g/mol. The predicted octanol–water partition coefficient (Wildman–Crippen LogP) is 3.98. The molecule has 0 bridgehead atoms. The Labute approximate surface area is 206 Å². The number of likely N-dealkylation sites (tertiary alicyclic amines) is 1. The zero-order valence-corrected chi connectivity index (χ0v) is 20.6. The molecule has 2 fully saturated rings. The number of carbonyl (C=O) groups excluding carboxylic acids is 4. The number of ketones is 2. The zero-order chi connectivity index (χ0) is 24.6. The molecule has 0 aromatic heterocycles. The van der Waals surface area contributed by atoms with Gasteiger partial charge in [0.15, 0.2) is 5.78 Å². The largest absolute Gasteiger partial charge is 0.297 e. The molecule has 0 N–H and O–H groups in total. The highest BCUT2D eigenvalue weighted by molar-refractivity contribution is 8.02. The fourth-order valence-electron chi connectivity index (χ4n) is 5.07. The lowest BCUT2D eigenvalue weighted by Crippen LogP contribution is -2.57. The van der Waals surface area contributed by atoms with Crippen LogP contribution in [-0.4, -0.2) is 51.1 Å². The van der Waals surface area contributed by atoms with Crippen LogP contribution in [-0.2, 0) is 14.4 Å². The molecule has 0 aliphatic carbocycles. The molecule has 174 valence electrons. The molecule has 0 radical (unpaired) electrons. The summed E-state index contributed by atoms with van der Waals surface area (Å²) in [7, 11) is 0. The molecule has 2 amide bonds. The second kappa shape index (κ2) is 7.52. The third-order valence-electron chi connectivity index (χ3n) is 6.34. The fourth-order valence-corrected chi connectivity index (χ4v) is 6.81. The van der Waals surface area contributed by atoms with Crippen LogP contribution < -0.4 is 4.90 Å². The summed E-state index contributed by atoms with van der Waals surface area (Å²) in [6, 6.07) is 12.4. The third kappa shape index (κ3) is 2.58. The van der Waals surface area contributed by atoms with Crippen molar-refractivity contribution in [2.45, 2.75) is 49.5 Å². The number of amides is 2. The Balaban J connectivity index is 1.90. The smallest absolute Gasteiger partial charge is 0.294 e. The van der Waals surface area contributed by atoms with E-state index < -0.39 is 39.7 Å². The van der Waals surface area contributed by atoms with Crippen LogP contribution in [0, 0.1) is 5.41 Å². The number of rotatable bonds is 4. The van der Waals surface area contributed by atoms with E-state index in [9.17, 15) is 19.2 Å². The van der Waals surface area contributed by atoms with E-state index in [1.807, 2.05) is 0 Å². The summed E-state index contributed by atoms with van der Waals surface area (Å²) in [5.74, 6) is -2.92. The minimum atomic E-state index is -2.13. The molecule has 2 saturated heterocycles. The summed E-state index contributed by atoms with van der Waals surface area (Å²) in [5, 5.41) is 0.421. The number of hydrogen-bond acceptors (Lipinski definition) is 6. The quantitative estimate of drug-likeness (QED) is 0.363. The number of nitrogens with zero attached hydrogens (tertiary/aromatic N) is 3. The lowest BCUT2D eigenvalue weighted by molar-refractivity contribution is -0.136. The molecule has 34 heavy (non-hydrogen) atoms. The molecule has 1 spiro atoms. The van der Waals surface area contributed by atoms with Crippen molar-refractivity contribution in [3.8, 4) is 0 Å². The van der Waals surface area contributed by atoms with Crippen molar-refractivity contribution in [3.63, 3.8) is 0 Å². The van der Waals surface area contributed by atoms with E-state index in [0.717, 1.165) is 11.8 Å². The van der Waals surface area contributed by atoms with Crippen LogP contribution in [0.4, 0.5) is 5.69 Å². The van der Waals surface area contributed by atoms with E-state index >= 15 is 0 Å². The molecule has 2 aromatic rings. The van der Waals surface area contributed by atoms with Crippen LogP contribution in [0.5, 0.6) is 0 Å². The number of fused-ring (bicyclic) bond motifs is 2. The van der Waals surface area contributed by atoms with Gasteiger partial charge < -0.3 is 0 Å². The highest BCUT2D eigenvalue weighted by Crippen LogP contribution is 2.67. The highest BCUT2D eigenvalue weighted by atomic mass is 35.5. The molecule has 3 aliphatic heterocycles. The Bertz CT molecular complexity index is 1310. The number of benzene rings is 2. The van der Waals surface area contributed by atoms with Gasteiger partial charge in [0.1, 0.15) is 5.84 Å². The van der Waals surface area contributed by atoms with Crippen LogP contribution in [0.3, 0.4) is 0 Å². The minimum Gasteiger partial charge on any atom is -0.294 e. The highest BCUT2D eigenvalue weighted by Gasteiger charge is 2.86. The molecule has 2 atom stereocenters. The van der Waals surface area contributed by atoms with Gasteiger partial charge in [-0.1, -0.05) is 35.5 Å². The fraction of sp³-hybridized carbons (Fsp3) is 0.320. The Morgan fingerprint density at radius 2 is 1.65 bits per heavy atom. The molecule has 3 aliphatic rings. The predicted molar refractivity (Wildman–Crippen MR) is 130 cm³/mol. The van der Waals surface area contributed by atoms with Gasteiger partial charge in [0.25, 0.3) is 11.8 Å². The molecular formula is C25H22ClN3O4S. The Kier molecular flexibility index (Phi) is 5.04. The molecule has 3 heterocycles. The Hall–Kier alpha value is -2.97. The number of para-hydroxylation sites is 1. The second-order valence-electron chi connectivity index (χ2n) is 9.08. The Morgan fingerprint density at radius 1 is 1.00 bits per heavy atom. The topological polar surface area (TPSA) is 87.1 Å². The van der Waals surface area contributed by atoms with Crippen LogP contribution in [0.2, 0.25) is 5.02 Å². The maximum atomic E-state index is 14.4. The van der Waals surface area contributed by atoms with Crippen molar-refractivity contribution >= 4 is 58.3 Å². The van der Waals surface area contributed by atoms with Gasteiger partial charge in [-0.3, -0.25) is 34.0 Å². The summed E-state index contributed by atoms with van der Waals surface area (Å²) in [6.07, 6.45) is 0. The summed E-state index contributed by atoms with van der Waals surface area (Å²) in [5.41, 5.74) is -1.51. The van der Waals surface area contributed by atoms with Gasteiger partial charge in [0, 0.05) is 27.6 Å². The normalized spacial score (nSPS) is 26.7. The van der Waals surface area contributed by atoms with Crippen molar-refractivity contribution in [3.05, 3.63) is 59.1 Å². The first-order valence-electron chi connectivity index (χ1n) is 11.0. The SMILES string of the molecule is CC(C)N=C1N(C(C)C)C(=O)C23Sc4ccccc4N2C(=O)C(=O)C13C(=O)c1ccc(Cl)cc1.